The fourth-order valence-electron chi connectivity index (χ4n) is 2.39. The van der Waals surface area contributed by atoms with Gasteiger partial charge in [0.05, 0.1) is 13.2 Å². The molecule has 5 heteroatoms. The standard InChI is InChI=1S/C13H23N3O2/c1-10(2)13-14-12(18-15-13)8-16-7-5-3-4-6-11(16)9-17/h10-11,17H,3-9H2,1-2H3. The SMILES string of the molecule is CC(C)c1noc(CN2CCCCCC2CO)n1. The molecule has 1 aliphatic rings. The van der Waals surface area contributed by atoms with Crippen molar-refractivity contribution in [2.45, 2.75) is 58.0 Å². The van der Waals surface area contributed by atoms with Crippen molar-refractivity contribution in [3.63, 3.8) is 0 Å². The minimum atomic E-state index is 0.213. The van der Waals surface area contributed by atoms with Crippen molar-refractivity contribution in [2.75, 3.05) is 13.2 Å². The van der Waals surface area contributed by atoms with Crippen LogP contribution in [0.3, 0.4) is 0 Å². The first-order valence-corrected chi connectivity index (χ1v) is 6.88. The van der Waals surface area contributed by atoms with Crippen LogP contribution in [0.5, 0.6) is 0 Å². The lowest BCUT2D eigenvalue weighted by atomic mass is 10.1. The number of rotatable bonds is 4. The van der Waals surface area contributed by atoms with Crippen LogP contribution in [0.25, 0.3) is 0 Å². The third-order valence-corrected chi connectivity index (χ3v) is 3.55. The molecule has 1 aromatic rings. The summed E-state index contributed by atoms with van der Waals surface area (Å²) in [6, 6.07) is 0.238. The average molecular weight is 253 g/mol. The van der Waals surface area contributed by atoms with Crippen molar-refractivity contribution >= 4 is 0 Å². The zero-order valence-electron chi connectivity index (χ0n) is 11.3. The van der Waals surface area contributed by atoms with E-state index in [4.69, 9.17) is 4.52 Å². The maximum Gasteiger partial charge on any atom is 0.240 e. The van der Waals surface area contributed by atoms with E-state index in [1.807, 2.05) is 0 Å². The molecule has 1 aromatic heterocycles. The molecule has 102 valence electrons. The van der Waals surface area contributed by atoms with Crippen molar-refractivity contribution in [2.24, 2.45) is 0 Å². The van der Waals surface area contributed by atoms with E-state index < -0.39 is 0 Å². The van der Waals surface area contributed by atoms with Gasteiger partial charge in [0.25, 0.3) is 0 Å². The Balaban J connectivity index is 2.00. The summed E-state index contributed by atoms with van der Waals surface area (Å²) in [5.74, 6) is 1.72. The van der Waals surface area contributed by atoms with Gasteiger partial charge in [-0.2, -0.15) is 4.98 Å². The van der Waals surface area contributed by atoms with E-state index in [0.717, 1.165) is 18.8 Å². The van der Waals surface area contributed by atoms with Gasteiger partial charge in [-0.15, -0.1) is 0 Å². The van der Waals surface area contributed by atoms with Gasteiger partial charge in [-0.3, -0.25) is 4.90 Å². The van der Waals surface area contributed by atoms with Crippen molar-refractivity contribution < 1.29 is 9.63 Å². The van der Waals surface area contributed by atoms with E-state index in [1.165, 1.54) is 19.3 Å². The molecule has 18 heavy (non-hydrogen) atoms. The molecule has 0 amide bonds. The molecular weight excluding hydrogens is 230 g/mol. The fraction of sp³-hybridized carbons (Fsp3) is 0.846. The van der Waals surface area contributed by atoms with Crippen molar-refractivity contribution in [1.82, 2.24) is 15.0 Å². The summed E-state index contributed by atoms with van der Waals surface area (Å²) in [7, 11) is 0. The van der Waals surface area contributed by atoms with Gasteiger partial charge in [-0.05, 0) is 19.4 Å². The summed E-state index contributed by atoms with van der Waals surface area (Å²) in [5, 5.41) is 13.4. The molecule has 1 saturated heterocycles. The number of likely N-dealkylation sites (tertiary alicyclic amines) is 1. The lowest BCUT2D eigenvalue weighted by Gasteiger charge is -2.26. The highest BCUT2D eigenvalue weighted by atomic mass is 16.5. The average Bonchev–Trinajstić information content (AvgIpc) is 2.70. The molecule has 0 spiro atoms. The molecule has 2 heterocycles. The topological polar surface area (TPSA) is 62.4 Å². The Morgan fingerprint density at radius 2 is 2.22 bits per heavy atom. The van der Waals surface area contributed by atoms with E-state index in [9.17, 15) is 5.11 Å². The second kappa shape index (κ2) is 6.29. The predicted molar refractivity (Wildman–Crippen MR) is 68.1 cm³/mol. The molecule has 1 aliphatic heterocycles. The van der Waals surface area contributed by atoms with E-state index in [-0.39, 0.29) is 12.6 Å². The number of hydrogen-bond acceptors (Lipinski definition) is 5. The number of nitrogens with zero attached hydrogens (tertiary/aromatic N) is 3. The number of hydrogen-bond donors (Lipinski definition) is 1. The Morgan fingerprint density at radius 1 is 1.39 bits per heavy atom. The lowest BCUT2D eigenvalue weighted by molar-refractivity contribution is 0.107. The van der Waals surface area contributed by atoms with Gasteiger partial charge < -0.3 is 9.63 Å². The van der Waals surface area contributed by atoms with E-state index in [0.29, 0.717) is 18.4 Å². The highest BCUT2D eigenvalue weighted by molar-refractivity contribution is 4.92. The second-order valence-electron chi connectivity index (χ2n) is 5.36. The van der Waals surface area contributed by atoms with Crippen LogP contribution in [0.15, 0.2) is 4.52 Å². The molecule has 0 bridgehead atoms. The van der Waals surface area contributed by atoms with Gasteiger partial charge in [0, 0.05) is 12.0 Å². The summed E-state index contributed by atoms with van der Waals surface area (Å²) in [4.78, 5) is 6.67. The van der Waals surface area contributed by atoms with Crippen LogP contribution in [0.4, 0.5) is 0 Å². The first-order chi connectivity index (χ1) is 8.70. The van der Waals surface area contributed by atoms with Crippen LogP contribution < -0.4 is 0 Å². The maximum atomic E-state index is 9.45. The highest BCUT2D eigenvalue weighted by Gasteiger charge is 2.22. The van der Waals surface area contributed by atoms with Crippen LogP contribution in [-0.4, -0.2) is 39.3 Å². The molecular formula is C13H23N3O2. The zero-order valence-corrected chi connectivity index (χ0v) is 11.3. The third kappa shape index (κ3) is 3.29. The molecule has 0 radical (unpaired) electrons. The maximum absolute atomic E-state index is 9.45. The number of aromatic nitrogens is 2. The third-order valence-electron chi connectivity index (χ3n) is 3.55. The summed E-state index contributed by atoms with van der Waals surface area (Å²) in [6.07, 6.45) is 4.68. The van der Waals surface area contributed by atoms with E-state index >= 15 is 0 Å². The Morgan fingerprint density at radius 3 is 2.89 bits per heavy atom. The minimum absolute atomic E-state index is 0.213. The molecule has 0 saturated carbocycles. The Kier molecular flexibility index (Phi) is 4.72. The molecule has 1 atom stereocenters. The summed E-state index contributed by atoms with van der Waals surface area (Å²) >= 11 is 0. The van der Waals surface area contributed by atoms with Crippen LogP contribution in [0, 0.1) is 0 Å². The molecule has 2 rings (SSSR count). The van der Waals surface area contributed by atoms with Gasteiger partial charge in [0.2, 0.25) is 5.89 Å². The van der Waals surface area contributed by atoms with E-state index in [1.54, 1.807) is 0 Å². The van der Waals surface area contributed by atoms with Gasteiger partial charge >= 0.3 is 0 Å². The Hall–Kier alpha value is -0.940. The highest BCUT2D eigenvalue weighted by Crippen LogP contribution is 2.19. The second-order valence-corrected chi connectivity index (χ2v) is 5.36. The Bertz CT molecular complexity index is 365. The predicted octanol–water partition coefficient (Wildman–Crippen LogP) is 1.93. The molecule has 0 aliphatic carbocycles. The number of aliphatic hydroxyl groups is 1. The van der Waals surface area contributed by atoms with Crippen molar-refractivity contribution in [3.05, 3.63) is 11.7 Å². The Labute approximate surface area is 108 Å². The molecule has 1 unspecified atom stereocenters. The van der Waals surface area contributed by atoms with Crippen LogP contribution >= 0.6 is 0 Å². The summed E-state index contributed by atoms with van der Waals surface area (Å²) in [5.41, 5.74) is 0. The van der Waals surface area contributed by atoms with Crippen LogP contribution in [-0.2, 0) is 6.54 Å². The zero-order chi connectivity index (χ0) is 13.0. The first-order valence-electron chi connectivity index (χ1n) is 6.88. The molecule has 1 N–H and O–H groups in total. The molecule has 0 aromatic carbocycles. The normalized spacial score (nSPS) is 22.3. The van der Waals surface area contributed by atoms with E-state index in [2.05, 4.69) is 28.9 Å². The largest absolute Gasteiger partial charge is 0.395 e. The fourth-order valence-corrected chi connectivity index (χ4v) is 2.39. The lowest BCUT2D eigenvalue weighted by Crippen LogP contribution is -2.37. The van der Waals surface area contributed by atoms with Gasteiger partial charge in [-0.25, -0.2) is 0 Å². The van der Waals surface area contributed by atoms with Crippen molar-refractivity contribution in [1.29, 1.82) is 0 Å². The van der Waals surface area contributed by atoms with Crippen LogP contribution in [0.2, 0.25) is 0 Å². The first kappa shape index (κ1) is 13.5. The molecule has 1 fully saturated rings. The van der Waals surface area contributed by atoms with Gasteiger partial charge in [0.1, 0.15) is 0 Å². The minimum Gasteiger partial charge on any atom is -0.395 e. The quantitative estimate of drug-likeness (QED) is 0.888. The number of aliphatic hydroxyl groups excluding tert-OH is 1. The van der Waals surface area contributed by atoms with Crippen molar-refractivity contribution in [3.8, 4) is 0 Å². The van der Waals surface area contributed by atoms with Gasteiger partial charge in [-0.1, -0.05) is 31.8 Å². The monoisotopic (exact) mass is 253 g/mol. The smallest absolute Gasteiger partial charge is 0.240 e. The van der Waals surface area contributed by atoms with Crippen LogP contribution in [0.1, 0.15) is 57.2 Å². The van der Waals surface area contributed by atoms with Gasteiger partial charge in [0.15, 0.2) is 5.82 Å². The summed E-state index contributed by atoms with van der Waals surface area (Å²) < 4.78 is 5.28. The summed E-state index contributed by atoms with van der Waals surface area (Å²) in [6.45, 7) is 5.98. The molecule has 5 nitrogen and oxygen atoms in total.